The molecule has 98 valence electrons. The summed E-state index contributed by atoms with van der Waals surface area (Å²) in [6.07, 6.45) is 3.83. The van der Waals surface area contributed by atoms with E-state index in [4.69, 9.17) is 0 Å². The van der Waals surface area contributed by atoms with Crippen LogP contribution in [-0.2, 0) is 10.2 Å². The molecule has 0 unspecified atom stereocenters. The summed E-state index contributed by atoms with van der Waals surface area (Å²) in [5.74, 6) is -2.01. The number of carboxylic acids is 1. The number of aromatic hydroxyl groups is 1. The van der Waals surface area contributed by atoms with Crippen molar-refractivity contribution in [2.24, 2.45) is 0 Å². The molecule has 0 saturated heterocycles. The molecular weight excluding hydrogens is 235 g/mol. The Kier molecular flexibility index (Phi) is 3.28. The lowest BCUT2D eigenvalue weighted by molar-refractivity contribution is -0.145. The molecule has 0 radical (unpaired) electrons. The smallest absolute Gasteiger partial charge is 0.314 e. The first-order valence-corrected chi connectivity index (χ1v) is 6.20. The first-order valence-electron chi connectivity index (χ1n) is 6.20. The third kappa shape index (κ3) is 1.96. The summed E-state index contributed by atoms with van der Waals surface area (Å²) >= 11 is 0. The van der Waals surface area contributed by atoms with Crippen LogP contribution < -0.4 is 0 Å². The van der Waals surface area contributed by atoms with Crippen molar-refractivity contribution in [3.05, 3.63) is 29.1 Å². The van der Waals surface area contributed by atoms with Crippen molar-refractivity contribution in [1.29, 1.82) is 0 Å². The minimum absolute atomic E-state index is 0.288. The maximum absolute atomic E-state index is 13.4. The highest BCUT2D eigenvalue weighted by Gasteiger charge is 2.41. The van der Waals surface area contributed by atoms with Gasteiger partial charge in [-0.3, -0.25) is 4.79 Å². The molecule has 0 atom stereocenters. The predicted molar refractivity (Wildman–Crippen MR) is 65.2 cm³/mol. The van der Waals surface area contributed by atoms with Gasteiger partial charge in [0.25, 0.3) is 0 Å². The van der Waals surface area contributed by atoms with Crippen molar-refractivity contribution in [2.45, 2.75) is 44.4 Å². The van der Waals surface area contributed by atoms with Crippen LogP contribution >= 0.6 is 0 Å². The fourth-order valence-electron chi connectivity index (χ4n) is 2.81. The standard InChI is InChI=1S/C14H17FO3/c1-9-7-10(8-11(16)12(9)15)14(13(17)18)5-3-2-4-6-14/h7-8,16H,2-6H2,1H3,(H,17,18). The second kappa shape index (κ2) is 4.59. The van der Waals surface area contributed by atoms with Crippen molar-refractivity contribution in [2.75, 3.05) is 0 Å². The highest BCUT2D eigenvalue weighted by molar-refractivity contribution is 5.81. The Bertz CT molecular complexity index is 453. The molecule has 0 heterocycles. The van der Waals surface area contributed by atoms with Gasteiger partial charge in [-0.1, -0.05) is 25.3 Å². The van der Waals surface area contributed by atoms with Gasteiger partial charge in [0.15, 0.2) is 11.6 Å². The van der Waals surface area contributed by atoms with E-state index in [2.05, 4.69) is 0 Å². The van der Waals surface area contributed by atoms with Crippen molar-refractivity contribution in [1.82, 2.24) is 0 Å². The zero-order valence-electron chi connectivity index (χ0n) is 10.4. The molecule has 3 nitrogen and oxygen atoms in total. The molecule has 0 spiro atoms. The SMILES string of the molecule is Cc1cc(C2(C(=O)O)CCCCC2)cc(O)c1F. The van der Waals surface area contributed by atoms with Gasteiger partial charge < -0.3 is 10.2 Å². The molecule has 0 bridgehead atoms. The van der Waals surface area contributed by atoms with E-state index in [1.54, 1.807) is 6.07 Å². The molecule has 1 fully saturated rings. The van der Waals surface area contributed by atoms with Gasteiger partial charge in [-0.05, 0) is 37.0 Å². The molecular formula is C14H17FO3. The maximum Gasteiger partial charge on any atom is 0.314 e. The molecule has 0 aromatic heterocycles. The summed E-state index contributed by atoms with van der Waals surface area (Å²) in [4.78, 5) is 11.6. The molecule has 2 rings (SSSR count). The van der Waals surface area contributed by atoms with Gasteiger partial charge in [-0.2, -0.15) is 0 Å². The Hall–Kier alpha value is -1.58. The Labute approximate surface area is 105 Å². The lowest BCUT2D eigenvalue weighted by Gasteiger charge is -2.34. The van der Waals surface area contributed by atoms with Crippen LogP contribution in [0.25, 0.3) is 0 Å². The molecule has 18 heavy (non-hydrogen) atoms. The molecule has 2 N–H and O–H groups in total. The van der Waals surface area contributed by atoms with E-state index in [1.165, 1.54) is 13.0 Å². The molecule has 0 amide bonds. The normalized spacial score (nSPS) is 18.6. The zero-order chi connectivity index (χ0) is 13.3. The van der Waals surface area contributed by atoms with Crippen LogP contribution in [0.3, 0.4) is 0 Å². The molecule has 4 heteroatoms. The highest BCUT2D eigenvalue weighted by atomic mass is 19.1. The summed E-state index contributed by atoms with van der Waals surface area (Å²) < 4.78 is 13.4. The first kappa shape index (κ1) is 12.9. The number of carboxylic acid groups (broad SMARTS) is 1. The van der Waals surface area contributed by atoms with Crippen molar-refractivity contribution in [3.8, 4) is 5.75 Å². The second-order valence-corrected chi connectivity index (χ2v) is 5.07. The summed E-state index contributed by atoms with van der Waals surface area (Å²) in [7, 11) is 0. The van der Waals surface area contributed by atoms with Crippen molar-refractivity contribution in [3.63, 3.8) is 0 Å². The molecule has 1 saturated carbocycles. The average Bonchev–Trinajstić information content (AvgIpc) is 2.36. The fraction of sp³-hybridized carbons (Fsp3) is 0.500. The maximum atomic E-state index is 13.4. The average molecular weight is 252 g/mol. The molecule has 1 aliphatic carbocycles. The Morgan fingerprint density at radius 2 is 1.89 bits per heavy atom. The molecule has 1 aliphatic rings. The van der Waals surface area contributed by atoms with E-state index < -0.39 is 23.0 Å². The lowest BCUT2D eigenvalue weighted by atomic mass is 9.69. The molecule has 1 aromatic rings. The number of aryl methyl sites for hydroxylation is 1. The highest BCUT2D eigenvalue weighted by Crippen LogP contribution is 2.41. The number of aliphatic carboxylic acids is 1. The van der Waals surface area contributed by atoms with E-state index in [9.17, 15) is 19.4 Å². The van der Waals surface area contributed by atoms with Gasteiger partial charge in [0, 0.05) is 0 Å². The number of hydrogen-bond acceptors (Lipinski definition) is 2. The van der Waals surface area contributed by atoms with Crippen LogP contribution in [-0.4, -0.2) is 16.2 Å². The lowest BCUT2D eigenvalue weighted by Crippen LogP contribution is -2.37. The minimum atomic E-state index is -0.964. The van der Waals surface area contributed by atoms with Gasteiger partial charge in [0.1, 0.15) is 0 Å². The van der Waals surface area contributed by atoms with Crippen LogP contribution in [0.1, 0.15) is 43.2 Å². The largest absolute Gasteiger partial charge is 0.505 e. The molecule has 0 aliphatic heterocycles. The fourth-order valence-corrected chi connectivity index (χ4v) is 2.81. The van der Waals surface area contributed by atoms with Gasteiger partial charge in [0.2, 0.25) is 0 Å². The van der Waals surface area contributed by atoms with Gasteiger partial charge in [-0.15, -0.1) is 0 Å². The van der Waals surface area contributed by atoms with E-state index in [1.807, 2.05) is 0 Å². The summed E-state index contributed by atoms with van der Waals surface area (Å²) in [5, 5.41) is 19.1. The number of halogens is 1. The Morgan fingerprint density at radius 1 is 1.28 bits per heavy atom. The van der Waals surface area contributed by atoms with Crippen LogP contribution in [0, 0.1) is 12.7 Å². The van der Waals surface area contributed by atoms with Gasteiger partial charge in [0.05, 0.1) is 5.41 Å². The number of phenolic OH excluding ortho intramolecular Hbond substituents is 1. The van der Waals surface area contributed by atoms with Gasteiger partial charge in [-0.25, -0.2) is 4.39 Å². The number of carbonyl (C=O) groups is 1. The predicted octanol–water partition coefficient (Wildman–Crippen LogP) is 3.13. The first-order chi connectivity index (χ1) is 8.47. The van der Waals surface area contributed by atoms with Crippen LogP contribution in [0.5, 0.6) is 5.75 Å². The number of hydrogen-bond donors (Lipinski definition) is 2. The van der Waals surface area contributed by atoms with Crippen molar-refractivity contribution < 1.29 is 19.4 Å². The quantitative estimate of drug-likeness (QED) is 0.850. The van der Waals surface area contributed by atoms with E-state index in [0.717, 1.165) is 19.3 Å². The van der Waals surface area contributed by atoms with Crippen LogP contribution in [0.15, 0.2) is 12.1 Å². The van der Waals surface area contributed by atoms with E-state index >= 15 is 0 Å². The topological polar surface area (TPSA) is 57.5 Å². The number of rotatable bonds is 2. The monoisotopic (exact) mass is 252 g/mol. The number of phenols is 1. The Balaban J connectivity index is 2.52. The summed E-state index contributed by atoms with van der Waals surface area (Å²) in [6.45, 7) is 1.54. The second-order valence-electron chi connectivity index (χ2n) is 5.07. The van der Waals surface area contributed by atoms with E-state index in [-0.39, 0.29) is 5.56 Å². The summed E-state index contributed by atoms with van der Waals surface area (Å²) in [6, 6.07) is 2.82. The summed E-state index contributed by atoms with van der Waals surface area (Å²) in [5.41, 5.74) is -0.156. The number of benzene rings is 1. The third-order valence-corrected chi connectivity index (χ3v) is 3.90. The third-order valence-electron chi connectivity index (χ3n) is 3.90. The zero-order valence-corrected chi connectivity index (χ0v) is 10.4. The van der Waals surface area contributed by atoms with Gasteiger partial charge >= 0.3 is 5.97 Å². The Morgan fingerprint density at radius 3 is 2.39 bits per heavy atom. The minimum Gasteiger partial charge on any atom is -0.505 e. The van der Waals surface area contributed by atoms with Crippen LogP contribution in [0.4, 0.5) is 4.39 Å². The molecule has 1 aromatic carbocycles. The van der Waals surface area contributed by atoms with Crippen molar-refractivity contribution >= 4 is 5.97 Å². The van der Waals surface area contributed by atoms with Crippen LogP contribution in [0.2, 0.25) is 0 Å². The van der Waals surface area contributed by atoms with E-state index in [0.29, 0.717) is 18.4 Å².